The Morgan fingerprint density at radius 1 is 1.14 bits per heavy atom. The minimum Gasteiger partial charge on any atom is -0.453 e. The molecule has 0 aliphatic carbocycles. The summed E-state index contributed by atoms with van der Waals surface area (Å²) in [7, 11) is 1.26. The van der Waals surface area contributed by atoms with E-state index in [4.69, 9.17) is 0 Å². The average molecular weight is 297 g/mol. The molecule has 2 aromatic rings. The number of hydrogen-bond acceptors (Lipinski definition) is 5. The molecule has 2 heterocycles. The van der Waals surface area contributed by atoms with Crippen LogP contribution in [-0.4, -0.2) is 30.0 Å². The topological polar surface area (TPSA) is 88.6 Å². The first-order valence-corrected chi connectivity index (χ1v) is 6.40. The lowest BCUT2D eigenvalue weighted by atomic mass is 10.2. The van der Waals surface area contributed by atoms with Crippen LogP contribution >= 0.6 is 0 Å². The van der Waals surface area contributed by atoms with E-state index >= 15 is 0 Å². The summed E-state index contributed by atoms with van der Waals surface area (Å²) in [4.78, 5) is 40.7. The second-order valence-corrected chi connectivity index (χ2v) is 4.51. The molecule has 0 unspecified atom stereocenters. The molecular formula is C15H11N3O4. The predicted molar refractivity (Wildman–Crippen MR) is 77.8 cm³/mol. The average Bonchev–Trinajstić information content (AvgIpc) is 2.80. The Balaban J connectivity index is 1.88. The van der Waals surface area contributed by atoms with Crippen LogP contribution < -0.4 is 10.2 Å². The van der Waals surface area contributed by atoms with Gasteiger partial charge in [0.2, 0.25) is 0 Å². The molecule has 0 saturated carbocycles. The van der Waals surface area contributed by atoms with Crippen molar-refractivity contribution in [2.45, 2.75) is 0 Å². The number of carbonyl (C=O) groups excluding carboxylic acids is 3. The Kier molecular flexibility index (Phi) is 3.30. The molecule has 110 valence electrons. The molecular weight excluding hydrogens is 286 g/mol. The maximum Gasteiger partial charge on any atom is 0.411 e. The van der Waals surface area contributed by atoms with Gasteiger partial charge in [-0.1, -0.05) is 0 Å². The molecule has 0 bridgehead atoms. The highest BCUT2D eigenvalue weighted by Crippen LogP contribution is 2.27. The van der Waals surface area contributed by atoms with Gasteiger partial charge >= 0.3 is 6.09 Å². The summed E-state index contributed by atoms with van der Waals surface area (Å²) in [5, 5.41) is 2.49. The standard InChI is InChI=1S/C15H11N3O4/c1-22-15(21)17-9-4-6-10(7-5-9)18-13(19)11-3-2-8-16-12(11)14(18)20/h2-8H,1H3,(H,17,21). The van der Waals surface area contributed by atoms with Crippen LogP contribution in [0.1, 0.15) is 20.8 Å². The lowest BCUT2D eigenvalue weighted by Gasteiger charge is -2.14. The first-order chi connectivity index (χ1) is 10.6. The van der Waals surface area contributed by atoms with E-state index < -0.39 is 17.9 Å². The number of aromatic nitrogens is 1. The van der Waals surface area contributed by atoms with Gasteiger partial charge in [0.15, 0.2) is 0 Å². The van der Waals surface area contributed by atoms with Crippen molar-refractivity contribution in [1.29, 1.82) is 0 Å². The van der Waals surface area contributed by atoms with Crippen LogP contribution in [0.2, 0.25) is 0 Å². The fourth-order valence-electron chi connectivity index (χ4n) is 2.16. The predicted octanol–water partition coefficient (Wildman–Crippen LogP) is 2.06. The van der Waals surface area contributed by atoms with E-state index in [-0.39, 0.29) is 11.3 Å². The molecule has 1 aliphatic heterocycles. The van der Waals surface area contributed by atoms with Crippen molar-refractivity contribution in [3.63, 3.8) is 0 Å². The summed E-state index contributed by atoms with van der Waals surface area (Å²) in [5.41, 5.74) is 1.32. The van der Waals surface area contributed by atoms with Crippen molar-refractivity contribution in [3.05, 3.63) is 53.9 Å². The number of ether oxygens (including phenoxy) is 1. The van der Waals surface area contributed by atoms with Crippen LogP contribution in [0, 0.1) is 0 Å². The van der Waals surface area contributed by atoms with Crippen LogP contribution in [0.3, 0.4) is 0 Å². The van der Waals surface area contributed by atoms with Gasteiger partial charge < -0.3 is 4.74 Å². The minimum atomic E-state index is -0.599. The zero-order valence-electron chi connectivity index (χ0n) is 11.6. The summed E-state index contributed by atoms with van der Waals surface area (Å²) in [5.74, 6) is -0.879. The number of carbonyl (C=O) groups is 3. The summed E-state index contributed by atoms with van der Waals surface area (Å²) in [6.07, 6.45) is 0.870. The quantitative estimate of drug-likeness (QED) is 0.857. The maximum absolute atomic E-state index is 12.3. The van der Waals surface area contributed by atoms with E-state index in [1.165, 1.54) is 13.3 Å². The lowest BCUT2D eigenvalue weighted by molar-refractivity contribution is 0.0924. The van der Waals surface area contributed by atoms with E-state index in [1.54, 1.807) is 36.4 Å². The minimum absolute atomic E-state index is 0.143. The van der Waals surface area contributed by atoms with Crippen LogP contribution in [0.5, 0.6) is 0 Å². The third-order valence-electron chi connectivity index (χ3n) is 3.20. The summed E-state index contributed by atoms with van der Waals surface area (Å²) in [6.45, 7) is 0. The van der Waals surface area contributed by atoms with Crippen molar-refractivity contribution in [2.75, 3.05) is 17.3 Å². The molecule has 0 radical (unpaired) electrons. The Morgan fingerprint density at radius 3 is 2.50 bits per heavy atom. The molecule has 7 nitrogen and oxygen atoms in total. The van der Waals surface area contributed by atoms with Crippen molar-refractivity contribution >= 4 is 29.3 Å². The summed E-state index contributed by atoms with van der Waals surface area (Å²) >= 11 is 0. The number of amides is 3. The van der Waals surface area contributed by atoms with E-state index in [9.17, 15) is 14.4 Å². The number of pyridine rings is 1. The maximum atomic E-state index is 12.3. The van der Waals surface area contributed by atoms with Crippen molar-refractivity contribution in [3.8, 4) is 0 Å². The van der Waals surface area contributed by atoms with Crippen LogP contribution in [-0.2, 0) is 4.74 Å². The van der Waals surface area contributed by atoms with Gasteiger partial charge in [-0.3, -0.25) is 19.9 Å². The van der Waals surface area contributed by atoms with E-state index in [0.717, 1.165) is 4.90 Å². The molecule has 7 heteroatoms. The number of nitrogens with zero attached hydrogens (tertiary/aromatic N) is 2. The Labute approximate surface area is 125 Å². The fraction of sp³-hybridized carbons (Fsp3) is 0.0667. The van der Waals surface area contributed by atoms with E-state index in [2.05, 4.69) is 15.0 Å². The Bertz CT molecular complexity index is 736. The zero-order valence-corrected chi connectivity index (χ0v) is 11.6. The third kappa shape index (κ3) is 2.18. The van der Waals surface area contributed by atoms with Gasteiger partial charge in [0.1, 0.15) is 5.69 Å². The lowest BCUT2D eigenvalue weighted by Crippen LogP contribution is -2.29. The molecule has 1 aromatic heterocycles. The molecule has 3 amide bonds. The summed E-state index contributed by atoms with van der Waals surface area (Å²) < 4.78 is 4.48. The molecule has 1 N–H and O–H groups in total. The van der Waals surface area contributed by atoms with Crippen molar-refractivity contribution in [1.82, 2.24) is 4.98 Å². The number of imide groups is 1. The zero-order chi connectivity index (χ0) is 15.7. The van der Waals surface area contributed by atoms with Crippen LogP contribution in [0.15, 0.2) is 42.6 Å². The number of benzene rings is 1. The van der Waals surface area contributed by atoms with Crippen molar-refractivity contribution < 1.29 is 19.1 Å². The first kappa shape index (κ1) is 13.7. The SMILES string of the molecule is COC(=O)Nc1ccc(N2C(=O)c3cccnc3C2=O)cc1. The third-order valence-corrected chi connectivity index (χ3v) is 3.20. The largest absolute Gasteiger partial charge is 0.453 e. The van der Waals surface area contributed by atoms with Gasteiger partial charge in [-0.05, 0) is 36.4 Å². The highest BCUT2D eigenvalue weighted by Gasteiger charge is 2.37. The molecule has 0 saturated heterocycles. The second kappa shape index (κ2) is 5.28. The fourth-order valence-corrected chi connectivity index (χ4v) is 2.16. The number of hydrogen-bond donors (Lipinski definition) is 1. The Morgan fingerprint density at radius 2 is 1.86 bits per heavy atom. The molecule has 1 aliphatic rings. The van der Waals surface area contributed by atoms with Gasteiger partial charge in [-0.2, -0.15) is 0 Å². The molecule has 0 spiro atoms. The molecule has 1 aromatic carbocycles. The molecule has 22 heavy (non-hydrogen) atoms. The first-order valence-electron chi connectivity index (χ1n) is 6.40. The van der Waals surface area contributed by atoms with Gasteiger partial charge in [0.05, 0.1) is 18.4 Å². The smallest absolute Gasteiger partial charge is 0.411 e. The monoisotopic (exact) mass is 297 g/mol. The van der Waals surface area contributed by atoms with Crippen LogP contribution in [0.25, 0.3) is 0 Å². The van der Waals surface area contributed by atoms with Gasteiger partial charge in [0, 0.05) is 11.9 Å². The molecule has 3 rings (SSSR count). The van der Waals surface area contributed by atoms with E-state index in [0.29, 0.717) is 11.4 Å². The summed E-state index contributed by atoms with van der Waals surface area (Å²) in [6, 6.07) is 9.44. The van der Waals surface area contributed by atoms with Gasteiger partial charge in [-0.15, -0.1) is 0 Å². The molecule has 0 atom stereocenters. The molecule has 0 fully saturated rings. The van der Waals surface area contributed by atoms with Crippen molar-refractivity contribution in [2.24, 2.45) is 0 Å². The highest BCUT2D eigenvalue weighted by atomic mass is 16.5. The number of methoxy groups -OCH3 is 1. The number of nitrogens with one attached hydrogen (secondary N) is 1. The highest BCUT2D eigenvalue weighted by molar-refractivity contribution is 6.33. The number of rotatable bonds is 2. The number of anilines is 2. The number of fused-ring (bicyclic) bond motifs is 1. The normalized spacial score (nSPS) is 13.0. The van der Waals surface area contributed by atoms with Crippen LogP contribution in [0.4, 0.5) is 16.2 Å². The Hall–Kier alpha value is -3.22. The van der Waals surface area contributed by atoms with E-state index in [1.807, 2.05) is 0 Å². The second-order valence-electron chi connectivity index (χ2n) is 4.51. The van der Waals surface area contributed by atoms with Gasteiger partial charge in [-0.25, -0.2) is 9.69 Å². The van der Waals surface area contributed by atoms with Gasteiger partial charge in [0.25, 0.3) is 11.8 Å².